The number of halogens is 2. The van der Waals surface area contributed by atoms with E-state index in [-0.39, 0.29) is 11.5 Å². The van der Waals surface area contributed by atoms with E-state index in [0.29, 0.717) is 15.9 Å². The summed E-state index contributed by atoms with van der Waals surface area (Å²) in [7, 11) is 0. The van der Waals surface area contributed by atoms with Gasteiger partial charge in [-0.2, -0.15) is 0 Å². The number of aromatic nitrogens is 2. The number of benzene rings is 2. The zero-order valence-electron chi connectivity index (χ0n) is 10.8. The third-order valence-electron chi connectivity index (χ3n) is 3.07. The molecule has 0 aliphatic rings. The van der Waals surface area contributed by atoms with Crippen LogP contribution in [0.5, 0.6) is 0 Å². The maximum atomic E-state index is 12.7. The van der Waals surface area contributed by atoms with Gasteiger partial charge in [-0.05, 0) is 12.1 Å². The summed E-state index contributed by atoms with van der Waals surface area (Å²) in [6.45, 7) is 0. The fraction of sp³-hybridized carbons (Fsp3) is 0. The Bertz CT molecular complexity index is 777. The maximum Gasteiger partial charge on any atom is 0.266 e. The SMILES string of the molecule is O=C(c1c(Cl)cccc1Cl)n1ccnc1-c1ccccc1. The van der Waals surface area contributed by atoms with E-state index in [9.17, 15) is 4.79 Å². The second-order valence-corrected chi connectivity index (χ2v) is 5.20. The Labute approximate surface area is 131 Å². The van der Waals surface area contributed by atoms with E-state index in [2.05, 4.69) is 4.98 Å². The largest absolute Gasteiger partial charge is 0.268 e. The standard InChI is InChI=1S/C16H10Cl2N2O/c17-12-7-4-8-13(18)14(12)16(21)20-10-9-19-15(20)11-5-2-1-3-6-11/h1-10H. The van der Waals surface area contributed by atoms with E-state index in [1.165, 1.54) is 4.57 Å². The van der Waals surface area contributed by atoms with Crippen LogP contribution in [0.25, 0.3) is 11.4 Å². The van der Waals surface area contributed by atoms with E-state index >= 15 is 0 Å². The number of rotatable bonds is 2. The molecule has 0 saturated carbocycles. The van der Waals surface area contributed by atoms with Gasteiger partial charge in [-0.1, -0.05) is 59.6 Å². The molecule has 1 heterocycles. The first-order chi connectivity index (χ1) is 10.2. The van der Waals surface area contributed by atoms with Crippen LogP contribution in [-0.2, 0) is 0 Å². The monoisotopic (exact) mass is 316 g/mol. The molecule has 1 aromatic heterocycles. The first-order valence-corrected chi connectivity index (χ1v) is 7.01. The topological polar surface area (TPSA) is 34.9 Å². The first kappa shape index (κ1) is 13.9. The van der Waals surface area contributed by atoms with Crippen LogP contribution < -0.4 is 0 Å². The molecule has 0 atom stereocenters. The molecule has 21 heavy (non-hydrogen) atoms. The molecule has 0 unspecified atom stereocenters. The summed E-state index contributed by atoms with van der Waals surface area (Å²) >= 11 is 12.2. The highest BCUT2D eigenvalue weighted by molar-refractivity contribution is 6.39. The number of hydrogen-bond donors (Lipinski definition) is 0. The van der Waals surface area contributed by atoms with Crippen molar-refractivity contribution in [2.45, 2.75) is 0 Å². The van der Waals surface area contributed by atoms with Crippen molar-refractivity contribution < 1.29 is 4.79 Å². The van der Waals surface area contributed by atoms with Gasteiger partial charge in [0.25, 0.3) is 5.91 Å². The van der Waals surface area contributed by atoms with Crippen LogP contribution in [0.2, 0.25) is 10.0 Å². The molecule has 0 N–H and O–H groups in total. The Morgan fingerprint density at radius 1 is 0.952 bits per heavy atom. The Morgan fingerprint density at radius 3 is 2.29 bits per heavy atom. The number of carbonyl (C=O) groups is 1. The lowest BCUT2D eigenvalue weighted by Crippen LogP contribution is -2.13. The molecular weight excluding hydrogens is 307 g/mol. The normalized spacial score (nSPS) is 10.6. The maximum absolute atomic E-state index is 12.7. The molecule has 2 aromatic carbocycles. The fourth-order valence-corrected chi connectivity index (χ4v) is 2.65. The average molecular weight is 317 g/mol. The Hall–Kier alpha value is -2.10. The summed E-state index contributed by atoms with van der Waals surface area (Å²) in [5.74, 6) is 0.249. The van der Waals surface area contributed by atoms with Crippen LogP contribution in [0.15, 0.2) is 60.9 Å². The second kappa shape index (κ2) is 5.72. The molecular formula is C16H10Cl2N2O. The summed E-state index contributed by atoms with van der Waals surface area (Å²) in [5, 5.41) is 0.639. The number of imidazole rings is 1. The molecule has 0 saturated heterocycles. The molecule has 3 nitrogen and oxygen atoms in total. The van der Waals surface area contributed by atoms with Gasteiger partial charge >= 0.3 is 0 Å². The molecule has 104 valence electrons. The Balaban J connectivity index is 2.11. The van der Waals surface area contributed by atoms with Crippen molar-refractivity contribution in [1.82, 2.24) is 9.55 Å². The van der Waals surface area contributed by atoms with Crippen LogP contribution >= 0.6 is 23.2 Å². The summed E-state index contributed by atoms with van der Waals surface area (Å²) in [5.41, 5.74) is 1.12. The number of carbonyl (C=O) groups excluding carboxylic acids is 1. The minimum atomic E-state index is -0.304. The van der Waals surface area contributed by atoms with Crippen molar-refractivity contribution in [3.05, 3.63) is 76.5 Å². The van der Waals surface area contributed by atoms with Gasteiger partial charge in [-0.3, -0.25) is 9.36 Å². The molecule has 0 spiro atoms. The lowest BCUT2D eigenvalue weighted by atomic mass is 10.2. The smallest absolute Gasteiger partial charge is 0.266 e. The Morgan fingerprint density at radius 2 is 1.62 bits per heavy atom. The molecule has 0 amide bonds. The molecule has 0 aliphatic heterocycles. The van der Waals surface area contributed by atoms with Gasteiger partial charge in [0.05, 0.1) is 15.6 Å². The van der Waals surface area contributed by atoms with Gasteiger partial charge in [0, 0.05) is 18.0 Å². The van der Waals surface area contributed by atoms with Gasteiger partial charge in [0.2, 0.25) is 0 Å². The minimum Gasteiger partial charge on any atom is -0.268 e. The highest BCUT2D eigenvalue weighted by Gasteiger charge is 2.19. The molecule has 3 rings (SSSR count). The van der Waals surface area contributed by atoms with E-state index in [1.807, 2.05) is 30.3 Å². The first-order valence-electron chi connectivity index (χ1n) is 6.26. The molecule has 3 aromatic rings. The van der Waals surface area contributed by atoms with Gasteiger partial charge < -0.3 is 0 Å². The number of hydrogen-bond acceptors (Lipinski definition) is 2. The minimum absolute atomic E-state index is 0.274. The van der Waals surface area contributed by atoms with Crippen molar-refractivity contribution in [2.75, 3.05) is 0 Å². The zero-order valence-corrected chi connectivity index (χ0v) is 12.3. The number of nitrogens with zero attached hydrogens (tertiary/aromatic N) is 2. The highest BCUT2D eigenvalue weighted by atomic mass is 35.5. The van der Waals surface area contributed by atoms with E-state index < -0.39 is 0 Å². The van der Waals surface area contributed by atoms with Crippen LogP contribution in [-0.4, -0.2) is 15.5 Å². The van der Waals surface area contributed by atoms with Gasteiger partial charge in [-0.15, -0.1) is 0 Å². The zero-order chi connectivity index (χ0) is 14.8. The van der Waals surface area contributed by atoms with Gasteiger partial charge in [0.15, 0.2) is 0 Å². The third kappa shape index (κ3) is 2.58. The molecule has 0 fully saturated rings. The van der Waals surface area contributed by atoms with Crippen LogP contribution in [0.3, 0.4) is 0 Å². The summed E-state index contributed by atoms with van der Waals surface area (Å²) in [4.78, 5) is 16.9. The summed E-state index contributed by atoms with van der Waals surface area (Å²) in [6, 6.07) is 14.4. The van der Waals surface area contributed by atoms with Crippen molar-refractivity contribution in [3.8, 4) is 11.4 Å². The molecule has 0 aliphatic carbocycles. The van der Waals surface area contributed by atoms with E-state index in [4.69, 9.17) is 23.2 Å². The fourth-order valence-electron chi connectivity index (χ4n) is 2.09. The predicted molar refractivity (Wildman–Crippen MR) is 83.9 cm³/mol. The lowest BCUT2D eigenvalue weighted by Gasteiger charge is -2.09. The van der Waals surface area contributed by atoms with Crippen LogP contribution in [0, 0.1) is 0 Å². The van der Waals surface area contributed by atoms with Gasteiger partial charge in [0.1, 0.15) is 5.82 Å². The summed E-state index contributed by atoms with van der Waals surface area (Å²) < 4.78 is 1.45. The summed E-state index contributed by atoms with van der Waals surface area (Å²) in [6.07, 6.45) is 3.18. The van der Waals surface area contributed by atoms with Crippen LogP contribution in [0.4, 0.5) is 0 Å². The second-order valence-electron chi connectivity index (χ2n) is 4.39. The predicted octanol–water partition coefficient (Wildman–Crippen LogP) is 4.55. The molecule has 0 bridgehead atoms. The Kier molecular flexibility index (Phi) is 3.78. The van der Waals surface area contributed by atoms with Crippen molar-refractivity contribution in [1.29, 1.82) is 0 Å². The van der Waals surface area contributed by atoms with Crippen molar-refractivity contribution in [3.63, 3.8) is 0 Å². The quantitative estimate of drug-likeness (QED) is 0.695. The molecule has 5 heteroatoms. The van der Waals surface area contributed by atoms with Crippen LogP contribution in [0.1, 0.15) is 10.4 Å². The van der Waals surface area contributed by atoms with E-state index in [0.717, 1.165) is 5.56 Å². The molecule has 0 radical (unpaired) electrons. The van der Waals surface area contributed by atoms with Gasteiger partial charge in [-0.25, -0.2) is 4.98 Å². The average Bonchev–Trinajstić information content (AvgIpc) is 2.97. The lowest BCUT2D eigenvalue weighted by molar-refractivity contribution is 0.0962. The van der Waals surface area contributed by atoms with E-state index in [1.54, 1.807) is 30.6 Å². The highest BCUT2D eigenvalue weighted by Crippen LogP contribution is 2.27. The van der Waals surface area contributed by atoms with Crippen molar-refractivity contribution >= 4 is 29.1 Å². The third-order valence-corrected chi connectivity index (χ3v) is 3.70. The van der Waals surface area contributed by atoms with Crippen molar-refractivity contribution in [2.24, 2.45) is 0 Å².